The molecular formula is C16H23FN4O. The lowest BCUT2D eigenvalue weighted by atomic mass is 10.3. The highest BCUT2D eigenvalue weighted by Gasteiger charge is 2.08. The van der Waals surface area contributed by atoms with Crippen molar-refractivity contribution in [1.29, 1.82) is 0 Å². The largest absolute Gasteiger partial charge is 0.347 e. The van der Waals surface area contributed by atoms with E-state index in [0.717, 1.165) is 19.4 Å². The van der Waals surface area contributed by atoms with E-state index in [1.165, 1.54) is 12.1 Å². The molecule has 2 N–H and O–H groups in total. The summed E-state index contributed by atoms with van der Waals surface area (Å²) in [6.45, 7) is 4.57. The normalized spacial score (nSPS) is 11.0. The minimum Gasteiger partial charge on any atom is -0.347 e. The first kappa shape index (κ1) is 17.7. The quantitative estimate of drug-likeness (QED) is 0.351. The first-order chi connectivity index (χ1) is 10.6. The molecule has 0 fully saturated rings. The minimum atomic E-state index is -0.386. The van der Waals surface area contributed by atoms with E-state index in [-0.39, 0.29) is 18.3 Å². The van der Waals surface area contributed by atoms with Crippen LogP contribution in [0.4, 0.5) is 10.1 Å². The third kappa shape index (κ3) is 6.39. The highest BCUT2D eigenvalue weighted by Crippen LogP contribution is 2.08. The second-order valence-electron chi connectivity index (χ2n) is 4.81. The predicted molar refractivity (Wildman–Crippen MR) is 88.5 cm³/mol. The van der Waals surface area contributed by atoms with Gasteiger partial charge in [-0.1, -0.05) is 12.1 Å². The number of unbranched alkanes of at least 4 members (excludes halogenated alkanes) is 1. The molecule has 5 nitrogen and oxygen atoms in total. The number of anilines is 1. The maximum absolute atomic E-state index is 13.0. The Morgan fingerprint density at radius 1 is 1.50 bits per heavy atom. The molecule has 6 heteroatoms. The van der Waals surface area contributed by atoms with Gasteiger partial charge in [0.2, 0.25) is 5.91 Å². The minimum absolute atomic E-state index is 0.0645. The molecule has 0 heterocycles. The van der Waals surface area contributed by atoms with Crippen molar-refractivity contribution in [3.8, 4) is 0 Å². The van der Waals surface area contributed by atoms with Gasteiger partial charge in [-0.05, 0) is 31.0 Å². The Morgan fingerprint density at radius 3 is 2.91 bits per heavy atom. The third-order valence-electron chi connectivity index (χ3n) is 2.99. The number of nitrogens with one attached hydrogen (secondary N) is 2. The van der Waals surface area contributed by atoms with Crippen molar-refractivity contribution in [2.75, 3.05) is 32.5 Å². The van der Waals surface area contributed by atoms with Crippen LogP contribution in [0.25, 0.3) is 0 Å². The molecule has 0 saturated carbocycles. The number of amides is 1. The summed E-state index contributed by atoms with van der Waals surface area (Å²) in [6, 6.07) is 5.78. The molecule has 0 aliphatic rings. The van der Waals surface area contributed by atoms with Gasteiger partial charge in [0, 0.05) is 26.3 Å². The topological polar surface area (TPSA) is 56.7 Å². The van der Waals surface area contributed by atoms with E-state index in [1.54, 1.807) is 19.2 Å². The lowest BCUT2D eigenvalue weighted by Gasteiger charge is -2.21. The Balaban J connectivity index is 2.42. The molecule has 0 spiro atoms. The Bertz CT molecular complexity index is 531. The van der Waals surface area contributed by atoms with Gasteiger partial charge in [0.05, 0.1) is 6.54 Å². The van der Waals surface area contributed by atoms with Crippen LogP contribution in [-0.2, 0) is 4.79 Å². The molecule has 0 aliphatic heterocycles. The number of halogens is 1. The van der Waals surface area contributed by atoms with Crippen LogP contribution in [0.15, 0.2) is 41.9 Å². The number of guanidine groups is 1. The zero-order valence-electron chi connectivity index (χ0n) is 13.1. The van der Waals surface area contributed by atoms with Crippen LogP contribution in [0.5, 0.6) is 0 Å². The monoisotopic (exact) mass is 306 g/mol. The summed E-state index contributed by atoms with van der Waals surface area (Å²) in [7, 11) is 3.57. The highest BCUT2D eigenvalue weighted by molar-refractivity contribution is 5.94. The fourth-order valence-corrected chi connectivity index (χ4v) is 1.89. The Kier molecular flexibility index (Phi) is 7.67. The van der Waals surface area contributed by atoms with Crippen molar-refractivity contribution in [3.05, 3.63) is 42.7 Å². The van der Waals surface area contributed by atoms with Gasteiger partial charge >= 0.3 is 0 Å². The standard InChI is InChI=1S/C16H23FN4O/c1-4-5-6-10-21(3)16(18-2)19-12-15(22)20-14-9-7-8-13(17)11-14/h4,7-9,11H,1,5-6,10,12H2,2-3H3,(H,18,19)(H,20,22). The molecule has 0 aromatic heterocycles. The van der Waals surface area contributed by atoms with Crippen LogP contribution in [0.3, 0.4) is 0 Å². The lowest BCUT2D eigenvalue weighted by Crippen LogP contribution is -2.42. The van der Waals surface area contributed by atoms with E-state index in [0.29, 0.717) is 11.6 Å². The SMILES string of the molecule is C=CCCCN(C)C(=NC)NCC(=O)Nc1cccc(F)c1. The van der Waals surface area contributed by atoms with E-state index in [1.807, 2.05) is 18.0 Å². The zero-order chi connectivity index (χ0) is 16.4. The number of rotatable bonds is 7. The maximum Gasteiger partial charge on any atom is 0.243 e. The van der Waals surface area contributed by atoms with Gasteiger partial charge < -0.3 is 15.5 Å². The molecule has 120 valence electrons. The van der Waals surface area contributed by atoms with Crippen molar-refractivity contribution in [2.24, 2.45) is 4.99 Å². The van der Waals surface area contributed by atoms with Crippen molar-refractivity contribution >= 4 is 17.6 Å². The highest BCUT2D eigenvalue weighted by atomic mass is 19.1. The molecule has 0 saturated heterocycles. The van der Waals surface area contributed by atoms with Crippen LogP contribution < -0.4 is 10.6 Å². The molecule has 1 aromatic rings. The van der Waals surface area contributed by atoms with Gasteiger partial charge in [-0.25, -0.2) is 4.39 Å². The Labute approximate surface area is 130 Å². The molecule has 22 heavy (non-hydrogen) atoms. The number of nitrogens with zero attached hydrogens (tertiary/aromatic N) is 2. The predicted octanol–water partition coefficient (Wildman–Crippen LogP) is 2.24. The lowest BCUT2D eigenvalue weighted by molar-refractivity contribution is -0.115. The van der Waals surface area contributed by atoms with Crippen LogP contribution in [0.1, 0.15) is 12.8 Å². The van der Waals surface area contributed by atoms with E-state index in [9.17, 15) is 9.18 Å². The fourth-order valence-electron chi connectivity index (χ4n) is 1.89. The van der Waals surface area contributed by atoms with Crippen LogP contribution in [0, 0.1) is 5.82 Å². The van der Waals surface area contributed by atoms with Crippen LogP contribution >= 0.6 is 0 Å². The average molecular weight is 306 g/mol. The molecule has 0 aliphatic carbocycles. The summed E-state index contributed by atoms with van der Waals surface area (Å²) in [5, 5.41) is 5.60. The number of benzene rings is 1. The van der Waals surface area contributed by atoms with Gasteiger partial charge in [-0.3, -0.25) is 9.79 Å². The number of aliphatic imine (C=N–C) groups is 1. The molecule has 0 bridgehead atoms. The molecule has 1 rings (SSSR count). The molecule has 1 amide bonds. The fraction of sp³-hybridized carbons (Fsp3) is 0.375. The van der Waals surface area contributed by atoms with Crippen molar-refractivity contribution < 1.29 is 9.18 Å². The van der Waals surface area contributed by atoms with Crippen molar-refractivity contribution in [1.82, 2.24) is 10.2 Å². The second-order valence-corrected chi connectivity index (χ2v) is 4.81. The van der Waals surface area contributed by atoms with Gasteiger partial charge in [-0.15, -0.1) is 6.58 Å². The molecule has 0 radical (unpaired) electrons. The van der Waals surface area contributed by atoms with Gasteiger partial charge in [-0.2, -0.15) is 0 Å². The van der Waals surface area contributed by atoms with Gasteiger partial charge in [0.25, 0.3) is 0 Å². The smallest absolute Gasteiger partial charge is 0.243 e. The number of hydrogen-bond acceptors (Lipinski definition) is 2. The zero-order valence-corrected chi connectivity index (χ0v) is 13.1. The van der Waals surface area contributed by atoms with Gasteiger partial charge in [0.1, 0.15) is 5.82 Å². The summed E-state index contributed by atoms with van der Waals surface area (Å²) < 4.78 is 13.0. The summed E-state index contributed by atoms with van der Waals surface area (Å²) in [5.41, 5.74) is 0.432. The van der Waals surface area contributed by atoms with E-state index in [2.05, 4.69) is 22.2 Å². The number of carbonyl (C=O) groups is 1. The Hall–Kier alpha value is -2.37. The second kappa shape index (κ2) is 9.55. The Morgan fingerprint density at radius 2 is 2.27 bits per heavy atom. The molecule has 1 aromatic carbocycles. The van der Waals surface area contributed by atoms with E-state index < -0.39 is 0 Å². The number of hydrogen-bond donors (Lipinski definition) is 2. The van der Waals surface area contributed by atoms with Crippen molar-refractivity contribution in [3.63, 3.8) is 0 Å². The molecule has 0 atom stereocenters. The van der Waals surface area contributed by atoms with E-state index >= 15 is 0 Å². The summed E-state index contributed by atoms with van der Waals surface area (Å²) in [5.74, 6) is -0.00628. The molecule has 0 unspecified atom stereocenters. The third-order valence-corrected chi connectivity index (χ3v) is 2.99. The van der Waals surface area contributed by atoms with Gasteiger partial charge in [0.15, 0.2) is 5.96 Å². The van der Waals surface area contributed by atoms with Crippen molar-refractivity contribution in [2.45, 2.75) is 12.8 Å². The van der Waals surface area contributed by atoms with E-state index in [4.69, 9.17) is 0 Å². The number of allylic oxidation sites excluding steroid dienone is 1. The van der Waals surface area contributed by atoms with Crippen LogP contribution in [0.2, 0.25) is 0 Å². The van der Waals surface area contributed by atoms with Crippen LogP contribution in [-0.4, -0.2) is 44.0 Å². The molecular weight excluding hydrogens is 283 g/mol. The maximum atomic E-state index is 13.0. The summed E-state index contributed by atoms with van der Waals surface area (Å²) in [6.07, 6.45) is 3.77. The summed E-state index contributed by atoms with van der Waals surface area (Å²) in [4.78, 5) is 17.9. The average Bonchev–Trinajstić information content (AvgIpc) is 2.48. The first-order valence-electron chi connectivity index (χ1n) is 7.15. The number of carbonyl (C=O) groups excluding carboxylic acids is 1. The summed E-state index contributed by atoms with van der Waals surface area (Å²) >= 11 is 0. The first-order valence-corrected chi connectivity index (χ1v) is 7.15.